The van der Waals surface area contributed by atoms with Crippen LogP contribution in [0.3, 0.4) is 0 Å². The second-order valence-corrected chi connectivity index (χ2v) is 9.64. The number of amides is 4. The summed E-state index contributed by atoms with van der Waals surface area (Å²) in [5, 5.41) is 16.7. The molecule has 15 heteroatoms. The molecule has 0 aliphatic carbocycles. The maximum atomic E-state index is 13.0. The van der Waals surface area contributed by atoms with Gasteiger partial charge in [0.25, 0.3) is 0 Å². The third-order valence-corrected chi connectivity index (χ3v) is 5.55. The molecule has 0 aromatic rings. The molecule has 0 heterocycles. The number of aliphatic imine (C=N–C) groups is 1. The van der Waals surface area contributed by atoms with E-state index in [1.165, 1.54) is 11.8 Å². The van der Waals surface area contributed by atoms with Crippen LogP contribution in [0.25, 0.3) is 0 Å². The lowest BCUT2D eigenvalue weighted by Gasteiger charge is -2.25. The summed E-state index contributed by atoms with van der Waals surface area (Å²) >= 11 is 1.42. The Morgan fingerprint density at radius 2 is 1.44 bits per heavy atom. The van der Waals surface area contributed by atoms with E-state index in [-0.39, 0.29) is 37.7 Å². The molecule has 0 radical (unpaired) electrons. The van der Waals surface area contributed by atoms with Crippen LogP contribution < -0.4 is 38.9 Å². The summed E-state index contributed by atoms with van der Waals surface area (Å²) in [5.41, 5.74) is 21.7. The van der Waals surface area contributed by atoms with E-state index in [9.17, 15) is 29.1 Å². The Hall–Kier alpha value is -3.07. The number of carboxylic acids is 1. The topological polar surface area (TPSA) is 258 Å². The van der Waals surface area contributed by atoms with Crippen molar-refractivity contribution in [2.75, 3.05) is 18.6 Å². The molecule has 4 amide bonds. The zero-order valence-electron chi connectivity index (χ0n) is 21.0. The first kappa shape index (κ1) is 32.9. The van der Waals surface area contributed by atoms with Crippen molar-refractivity contribution in [2.45, 2.75) is 70.1 Å². The fraction of sp³-hybridized carbons (Fsp3) is 0.714. The quantitative estimate of drug-likeness (QED) is 0.0526. The number of carbonyl (C=O) groups is 5. The van der Waals surface area contributed by atoms with Gasteiger partial charge in [-0.3, -0.25) is 24.2 Å². The van der Waals surface area contributed by atoms with Crippen LogP contribution in [0.2, 0.25) is 0 Å². The average molecular weight is 533 g/mol. The Morgan fingerprint density at radius 1 is 0.889 bits per heavy atom. The molecule has 0 fully saturated rings. The summed E-state index contributed by atoms with van der Waals surface area (Å²) in [6.07, 6.45) is 2.11. The number of rotatable bonds is 18. The zero-order chi connectivity index (χ0) is 27.8. The molecule has 0 aliphatic rings. The largest absolute Gasteiger partial charge is 0.480 e. The van der Waals surface area contributed by atoms with Gasteiger partial charge < -0.3 is 44.0 Å². The Labute approximate surface area is 215 Å². The van der Waals surface area contributed by atoms with Gasteiger partial charge in [0, 0.05) is 6.54 Å². The van der Waals surface area contributed by atoms with Crippen molar-refractivity contribution in [3.8, 4) is 0 Å². The van der Waals surface area contributed by atoms with E-state index in [2.05, 4.69) is 20.9 Å². The minimum absolute atomic E-state index is 0.0489. The highest BCUT2D eigenvalue weighted by atomic mass is 32.2. The number of primary amides is 1. The number of guanidine groups is 1. The molecular formula is C21H40N8O6S. The molecule has 0 spiro atoms. The molecule has 0 saturated carbocycles. The zero-order valence-corrected chi connectivity index (χ0v) is 21.8. The predicted octanol–water partition coefficient (Wildman–Crippen LogP) is -2.42. The van der Waals surface area contributed by atoms with Crippen molar-refractivity contribution in [3.05, 3.63) is 0 Å². The molecule has 0 aromatic heterocycles. The summed E-state index contributed by atoms with van der Waals surface area (Å²) < 4.78 is 0. The van der Waals surface area contributed by atoms with E-state index in [0.29, 0.717) is 12.2 Å². The van der Waals surface area contributed by atoms with Gasteiger partial charge in [-0.25, -0.2) is 4.79 Å². The molecule has 0 bridgehead atoms. The Kier molecular flexibility index (Phi) is 15.9. The van der Waals surface area contributed by atoms with Crippen LogP contribution in [0.1, 0.15) is 46.0 Å². The number of carboxylic acid groups (broad SMARTS) is 1. The fourth-order valence-electron chi connectivity index (χ4n) is 3.11. The number of nitrogens with zero attached hydrogens (tertiary/aromatic N) is 1. The standard InChI is InChI=1S/C21H40N8O6S/c1-11(2)9-12(22)17(31)29-15(10-16(23)30)19(33)27-13(5-4-7-26-21(24)25)18(32)28-14(20(34)35)6-8-36-3/h11-15H,4-10,22H2,1-3H3,(H2,23,30)(H,27,33)(H,28,32)(H,29,31)(H,34,35)(H4,24,25,26). The molecule has 4 atom stereocenters. The SMILES string of the molecule is CSCCC(NC(=O)C(CCCN=C(N)N)NC(=O)C(CC(N)=O)NC(=O)C(N)CC(C)C)C(=O)O. The van der Waals surface area contributed by atoms with Gasteiger partial charge in [0.1, 0.15) is 18.1 Å². The van der Waals surface area contributed by atoms with Gasteiger partial charge in [0.05, 0.1) is 12.5 Å². The molecule has 0 aromatic carbocycles. The summed E-state index contributed by atoms with van der Waals surface area (Å²) in [5.74, 6) is -3.88. The number of thioether (sulfide) groups is 1. The van der Waals surface area contributed by atoms with E-state index >= 15 is 0 Å². The van der Waals surface area contributed by atoms with Crippen LogP contribution in [0.15, 0.2) is 4.99 Å². The van der Waals surface area contributed by atoms with Gasteiger partial charge in [0.2, 0.25) is 23.6 Å². The van der Waals surface area contributed by atoms with E-state index in [0.717, 1.165) is 0 Å². The number of hydrogen-bond acceptors (Lipinski definition) is 8. The van der Waals surface area contributed by atoms with Gasteiger partial charge in [-0.2, -0.15) is 11.8 Å². The van der Waals surface area contributed by atoms with E-state index in [4.69, 9.17) is 22.9 Å². The van der Waals surface area contributed by atoms with E-state index in [1.807, 2.05) is 13.8 Å². The molecule has 14 nitrogen and oxygen atoms in total. The van der Waals surface area contributed by atoms with Crippen molar-refractivity contribution in [3.63, 3.8) is 0 Å². The van der Waals surface area contributed by atoms with Crippen molar-refractivity contribution >= 4 is 47.3 Å². The minimum atomic E-state index is -1.38. The van der Waals surface area contributed by atoms with Gasteiger partial charge in [-0.1, -0.05) is 13.8 Å². The van der Waals surface area contributed by atoms with Crippen LogP contribution in [0.4, 0.5) is 0 Å². The highest BCUT2D eigenvalue weighted by molar-refractivity contribution is 7.98. The number of aliphatic carboxylic acids is 1. The Morgan fingerprint density at radius 3 is 1.94 bits per heavy atom. The maximum Gasteiger partial charge on any atom is 0.326 e. The van der Waals surface area contributed by atoms with Crippen molar-refractivity contribution in [1.29, 1.82) is 0 Å². The van der Waals surface area contributed by atoms with Gasteiger partial charge in [-0.15, -0.1) is 0 Å². The minimum Gasteiger partial charge on any atom is -0.480 e. The lowest BCUT2D eigenvalue weighted by Crippen LogP contribution is -2.57. The van der Waals surface area contributed by atoms with Crippen molar-refractivity contribution in [2.24, 2.45) is 33.8 Å². The lowest BCUT2D eigenvalue weighted by molar-refractivity contribution is -0.142. The molecular weight excluding hydrogens is 492 g/mol. The van der Waals surface area contributed by atoms with Crippen LogP contribution >= 0.6 is 11.8 Å². The highest BCUT2D eigenvalue weighted by Gasteiger charge is 2.31. The molecule has 0 rings (SSSR count). The molecule has 36 heavy (non-hydrogen) atoms. The number of nitrogens with one attached hydrogen (secondary N) is 3. The average Bonchev–Trinajstić information content (AvgIpc) is 2.76. The first-order valence-corrected chi connectivity index (χ1v) is 12.9. The second-order valence-electron chi connectivity index (χ2n) is 8.66. The van der Waals surface area contributed by atoms with Gasteiger partial charge in [0.15, 0.2) is 5.96 Å². The first-order valence-electron chi connectivity index (χ1n) is 11.5. The molecule has 0 saturated heterocycles. The maximum absolute atomic E-state index is 13.0. The first-order chi connectivity index (χ1) is 16.8. The number of hydrogen-bond donors (Lipinski definition) is 8. The van der Waals surface area contributed by atoms with Gasteiger partial charge >= 0.3 is 5.97 Å². The third-order valence-electron chi connectivity index (χ3n) is 4.90. The van der Waals surface area contributed by atoms with Crippen LogP contribution in [0, 0.1) is 5.92 Å². The molecule has 4 unspecified atom stereocenters. The Balaban J connectivity index is 5.62. The second kappa shape index (κ2) is 17.4. The molecule has 206 valence electrons. The monoisotopic (exact) mass is 532 g/mol. The highest BCUT2D eigenvalue weighted by Crippen LogP contribution is 2.07. The van der Waals surface area contributed by atoms with E-state index < -0.39 is 60.2 Å². The van der Waals surface area contributed by atoms with Crippen LogP contribution in [-0.4, -0.2) is 83.4 Å². The molecule has 0 aliphatic heterocycles. The van der Waals surface area contributed by atoms with Crippen LogP contribution in [0.5, 0.6) is 0 Å². The summed E-state index contributed by atoms with van der Waals surface area (Å²) in [7, 11) is 0. The van der Waals surface area contributed by atoms with Crippen molar-refractivity contribution < 1.29 is 29.1 Å². The molecule has 12 N–H and O–H groups in total. The van der Waals surface area contributed by atoms with Crippen LogP contribution in [-0.2, 0) is 24.0 Å². The third kappa shape index (κ3) is 14.4. The number of nitrogens with two attached hydrogens (primary N) is 4. The fourth-order valence-corrected chi connectivity index (χ4v) is 3.59. The van der Waals surface area contributed by atoms with Crippen molar-refractivity contribution in [1.82, 2.24) is 16.0 Å². The summed E-state index contributed by atoms with van der Waals surface area (Å²) in [6, 6.07) is -4.66. The lowest BCUT2D eigenvalue weighted by atomic mass is 10.0. The normalized spacial score (nSPS) is 14.1. The van der Waals surface area contributed by atoms with Gasteiger partial charge in [-0.05, 0) is 43.6 Å². The smallest absolute Gasteiger partial charge is 0.326 e. The summed E-state index contributed by atoms with van der Waals surface area (Å²) in [4.78, 5) is 65.2. The number of carbonyl (C=O) groups excluding carboxylic acids is 4. The summed E-state index contributed by atoms with van der Waals surface area (Å²) in [6.45, 7) is 3.90. The van der Waals surface area contributed by atoms with E-state index in [1.54, 1.807) is 6.26 Å². The Bertz CT molecular complexity index is 790. The predicted molar refractivity (Wildman–Crippen MR) is 138 cm³/mol.